The molecule has 0 aliphatic carbocycles. The average Bonchev–Trinajstić information content (AvgIpc) is 2.65. The molecule has 2 aromatic rings. The number of anilines is 2. The average molecular weight is 468 g/mol. The molecule has 1 saturated heterocycles. The number of halogens is 2. The number of aromatic nitrogens is 1. The molecule has 32 heavy (non-hydrogen) atoms. The third kappa shape index (κ3) is 5.56. The van der Waals surface area contributed by atoms with Crippen molar-refractivity contribution in [3.63, 3.8) is 0 Å². The van der Waals surface area contributed by atoms with E-state index in [0.717, 1.165) is 0 Å². The Morgan fingerprint density at radius 1 is 1.31 bits per heavy atom. The zero-order valence-corrected chi connectivity index (χ0v) is 18.0. The number of carbonyl (C=O) groups is 1. The van der Waals surface area contributed by atoms with Crippen molar-refractivity contribution in [3.8, 4) is 5.75 Å². The third-order valence-corrected chi connectivity index (χ3v) is 6.83. The smallest absolute Gasteiger partial charge is 0.387 e. The number of benzene rings is 1. The van der Waals surface area contributed by atoms with Crippen LogP contribution in [0.5, 0.6) is 5.75 Å². The van der Waals surface area contributed by atoms with Gasteiger partial charge in [-0.2, -0.15) is 8.78 Å². The van der Waals surface area contributed by atoms with Gasteiger partial charge in [-0.05, 0) is 32.0 Å². The number of aliphatic hydroxyl groups excluding tert-OH is 1. The van der Waals surface area contributed by atoms with Gasteiger partial charge in [-0.1, -0.05) is 6.07 Å². The number of nitrogens with one attached hydrogen (secondary N) is 3. The van der Waals surface area contributed by atoms with Gasteiger partial charge in [-0.15, -0.1) is 0 Å². The molecule has 1 atom stereocenters. The van der Waals surface area contributed by atoms with E-state index in [0.29, 0.717) is 5.69 Å². The summed E-state index contributed by atoms with van der Waals surface area (Å²) in [5, 5.41) is 23.6. The summed E-state index contributed by atoms with van der Waals surface area (Å²) < 4.78 is 52.2. The van der Waals surface area contributed by atoms with Crippen LogP contribution < -0.4 is 15.4 Å². The van der Waals surface area contributed by atoms with E-state index in [4.69, 9.17) is 5.41 Å². The molecule has 1 fully saturated rings. The fraction of sp³-hybridized carbons (Fsp3) is 0.350. The topological polar surface area (TPSA) is 141 Å². The largest absolute Gasteiger partial charge is 0.435 e. The molecule has 0 unspecified atom stereocenters. The van der Waals surface area contributed by atoms with E-state index < -0.39 is 34.0 Å². The maximum atomic E-state index is 12.6. The summed E-state index contributed by atoms with van der Waals surface area (Å²) in [4.78, 5) is 16.8. The lowest BCUT2D eigenvalue weighted by molar-refractivity contribution is -0.0498. The predicted molar refractivity (Wildman–Crippen MR) is 114 cm³/mol. The van der Waals surface area contributed by atoms with Gasteiger partial charge in [0.15, 0.2) is 9.84 Å². The molecule has 0 spiro atoms. The quantitative estimate of drug-likeness (QED) is 0.435. The molecule has 1 aliphatic heterocycles. The van der Waals surface area contributed by atoms with Crippen LogP contribution in [0.2, 0.25) is 0 Å². The molecule has 2 heterocycles. The Labute approximate surface area is 183 Å². The zero-order chi connectivity index (χ0) is 23.7. The minimum absolute atomic E-state index is 0.0660. The van der Waals surface area contributed by atoms with Crippen LogP contribution in [0.4, 0.5) is 20.3 Å². The summed E-state index contributed by atoms with van der Waals surface area (Å²) in [6, 6.07) is 7.04. The van der Waals surface area contributed by atoms with Gasteiger partial charge in [0.1, 0.15) is 11.6 Å². The van der Waals surface area contributed by atoms with Crippen molar-refractivity contribution in [2.24, 2.45) is 0 Å². The van der Waals surface area contributed by atoms with Crippen LogP contribution in [0.1, 0.15) is 29.8 Å². The van der Waals surface area contributed by atoms with Crippen LogP contribution in [0.15, 0.2) is 36.5 Å². The molecule has 12 heteroatoms. The summed E-state index contributed by atoms with van der Waals surface area (Å²) in [5.74, 6) is -0.900. The second-order valence-corrected chi connectivity index (χ2v) is 9.85. The number of alkyl halides is 2. The van der Waals surface area contributed by atoms with Crippen molar-refractivity contribution in [2.75, 3.05) is 16.8 Å². The molecule has 9 nitrogen and oxygen atoms in total. The molecule has 0 saturated carbocycles. The van der Waals surface area contributed by atoms with Crippen LogP contribution in [-0.4, -0.2) is 59.9 Å². The van der Waals surface area contributed by atoms with Crippen LogP contribution in [-0.2, 0) is 9.84 Å². The number of rotatable bonds is 8. The Bertz CT molecular complexity index is 1140. The number of sulfone groups is 1. The van der Waals surface area contributed by atoms with E-state index in [1.54, 1.807) is 13.0 Å². The Balaban J connectivity index is 1.87. The minimum atomic E-state index is -3.17. The van der Waals surface area contributed by atoms with Gasteiger partial charge < -0.3 is 25.9 Å². The van der Waals surface area contributed by atoms with Crippen LogP contribution in [0.25, 0.3) is 0 Å². The second kappa shape index (κ2) is 8.79. The lowest BCUT2D eigenvalue weighted by Crippen LogP contribution is -2.63. The Morgan fingerprint density at radius 2 is 2.00 bits per heavy atom. The molecular formula is C20H22F2N4O5S. The molecule has 0 bridgehead atoms. The standard InChI is InChI=1S/C20H22F2N4O5S/c1-11(27)16(23)15-6-12(18(28)26-20(2)9-32(29,30)10-20)8-24-17(15)25-13-4-3-5-14(7-13)31-19(21)22/h3-8,11,19,23,27H,9-10H2,1-2H3,(H,24,25)(H,26,28)/t11-/m1/s1. The first kappa shape index (κ1) is 23.5. The van der Waals surface area contributed by atoms with E-state index in [-0.39, 0.29) is 39.9 Å². The van der Waals surface area contributed by atoms with Gasteiger partial charge in [-0.25, -0.2) is 13.4 Å². The number of pyridine rings is 1. The maximum absolute atomic E-state index is 12.6. The zero-order valence-electron chi connectivity index (χ0n) is 17.2. The number of amides is 1. The maximum Gasteiger partial charge on any atom is 0.387 e. The van der Waals surface area contributed by atoms with Crippen molar-refractivity contribution in [1.82, 2.24) is 10.3 Å². The highest BCUT2D eigenvalue weighted by Gasteiger charge is 2.45. The highest BCUT2D eigenvalue weighted by molar-refractivity contribution is 7.93. The number of aliphatic hydroxyl groups is 1. The Kier molecular flexibility index (Phi) is 6.46. The fourth-order valence-electron chi connectivity index (χ4n) is 3.35. The van der Waals surface area contributed by atoms with Gasteiger partial charge in [-0.3, -0.25) is 4.79 Å². The number of nitrogens with zero attached hydrogens (tertiary/aromatic N) is 1. The number of carbonyl (C=O) groups excluding carboxylic acids is 1. The number of hydrogen-bond donors (Lipinski definition) is 4. The highest BCUT2D eigenvalue weighted by atomic mass is 32.2. The highest BCUT2D eigenvalue weighted by Crippen LogP contribution is 2.26. The lowest BCUT2D eigenvalue weighted by Gasteiger charge is -2.38. The first-order valence-electron chi connectivity index (χ1n) is 9.49. The van der Waals surface area contributed by atoms with Crippen molar-refractivity contribution >= 4 is 33.0 Å². The van der Waals surface area contributed by atoms with Crippen molar-refractivity contribution in [2.45, 2.75) is 32.1 Å². The van der Waals surface area contributed by atoms with E-state index >= 15 is 0 Å². The first-order valence-corrected chi connectivity index (χ1v) is 11.3. The van der Waals surface area contributed by atoms with Gasteiger partial charge >= 0.3 is 6.61 Å². The van der Waals surface area contributed by atoms with Gasteiger partial charge in [0.05, 0.1) is 34.4 Å². The molecule has 1 aromatic heterocycles. The Morgan fingerprint density at radius 3 is 2.59 bits per heavy atom. The van der Waals surface area contributed by atoms with Crippen LogP contribution in [0.3, 0.4) is 0 Å². The van der Waals surface area contributed by atoms with Gasteiger partial charge in [0.2, 0.25) is 0 Å². The van der Waals surface area contributed by atoms with Crippen LogP contribution in [0, 0.1) is 5.41 Å². The number of hydrogen-bond acceptors (Lipinski definition) is 8. The molecule has 0 radical (unpaired) electrons. The van der Waals surface area contributed by atoms with E-state index in [1.165, 1.54) is 37.4 Å². The monoisotopic (exact) mass is 468 g/mol. The summed E-state index contributed by atoms with van der Waals surface area (Å²) in [6.45, 7) is -0.00806. The molecule has 1 aliphatic rings. The van der Waals surface area contributed by atoms with Crippen molar-refractivity contribution < 1.29 is 31.8 Å². The third-order valence-electron chi connectivity index (χ3n) is 4.67. The normalized spacial score (nSPS) is 17.2. The van der Waals surface area contributed by atoms with Crippen molar-refractivity contribution in [3.05, 3.63) is 47.7 Å². The first-order chi connectivity index (χ1) is 14.9. The Hall–Kier alpha value is -3.12. The summed E-state index contributed by atoms with van der Waals surface area (Å²) >= 11 is 0. The second-order valence-electron chi connectivity index (χ2n) is 7.79. The molecule has 1 amide bonds. The molecule has 172 valence electrons. The summed E-state index contributed by atoms with van der Waals surface area (Å²) in [5.41, 5.74) is -0.613. The SMILES string of the molecule is C[C@@H](O)C(=N)c1cc(C(=O)NC2(C)CS(=O)(=O)C2)cnc1Nc1cccc(OC(F)F)c1. The van der Waals surface area contributed by atoms with Crippen molar-refractivity contribution in [1.29, 1.82) is 5.41 Å². The van der Waals surface area contributed by atoms with Gasteiger partial charge in [0.25, 0.3) is 5.91 Å². The van der Waals surface area contributed by atoms with Crippen LogP contribution >= 0.6 is 0 Å². The predicted octanol–water partition coefficient (Wildman–Crippen LogP) is 2.09. The van der Waals surface area contributed by atoms with Gasteiger partial charge in [0, 0.05) is 23.5 Å². The fourth-order valence-corrected chi connectivity index (χ4v) is 5.35. The lowest BCUT2D eigenvalue weighted by atomic mass is 10.0. The summed E-state index contributed by atoms with van der Waals surface area (Å²) in [7, 11) is -3.17. The van der Waals surface area contributed by atoms with E-state index in [9.17, 15) is 27.1 Å². The molecular weight excluding hydrogens is 446 g/mol. The molecule has 1 aromatic carbocycles. The van der Waals surface area contributed by atoms with E-state index in [2.05, 4.69) is 20.4 Å². The molecule has 4 N–H and O–H groups in total. The van der Waals surface area contributed by atoms with E-state index in [1.807, 2.05) is 0 Å². The summed E-state index contributed by atoms with van der Waals surface area (Å²) in [6.07, 6.45) is 0.0467. The number of ether oxygens (including phenoxy) is 1. The molecule has 3 rings (SSSR count). The minimum Gasteiger partial charge on any atom is -0.435 e.